The molecule has 2 saturated heterocycles. The van der Waals surface area contributed by atoms with Gasteiger partial charge in [0.2, 0.25) is 11.8 Å². The molecule has 2 aliphatic rings. The summed E-state index contributed by atoms with van der Waals surface area (Å²) in [5.74, 6) is 0.471. The van der Waals surface area contributed by atoms with E-state index in [1.807, 2.05) is 0 Å². The molecule has 2 aliphatic heterocycles. The zero-order chi connectivity index (χ0) is 13.0. The highest BCUT2D eigenvalue weighted by Crippen LogP contribution is 2.21. The average Bonchev–Trinajstić information content (AvgIpc) is 2.87. The Balaban J connectivity index is 1.70. The standard InChI is InChI=1S/C13H23N3O2/c14-13(18)11-5-8-16(9-11)12(17)2-1-10-3-6-15-7-4-10/h10-11,15H,1-9H2,(H2,14,18). The zero-order valence-electron chi connectivity index (χ0n) is 10.9. The quantitative estimate of drug-likeness (QED) is 0.746. The summed E-state index contributed by atoms with van der Waals surface area (Å²) in [5.41, 5.74) is 5.27. The molecule has 0 aromatic carbocycles. The van der Waals surface area contributed by atoms with E-state index >= 15 is 0 Å². The van der Waals surface area contributed by atoms with Gasteiger partial charge in [-0.2, -0.15) is 0 Å². The number of rotatable bonds is 4. The van der Waals surface area contributed by atoms with Gasteiger partial charge in [-0.1, -0.05) is 0 Å². The van der Waals surface area contributed by atoms with Gasteiger partial charge >= 0.3 is 0 Å². The van der Waals surface area contributed by atoms with Gasteiger partial charge in [-0.15, -0.1) is 0 Å². The van der Waals surface area contributed by atoms with Crippen LogP contribution in [0.4, 0.5) is 0 Å². The monoisotopic (exact) mass is 253 g/mol. The smallest absolute Gasteiger partial charge is 0.222 e. The number of carbonyl (C=O) groups is 2. The van der Waals surface area contributed by atoms with Crippen LogP contribution >= 0.6 is 0 Å². The molecule has 18 heavy (non-hydrogen) atoms. The number of nitrogens with zero attached hydrogens (tertiary/aromatic N) is 1. The van der Waals surface area contributed by atoms with E-state index < -0.39 is 0 Å². The van der Waals surface area contributed by atoms with Crippen molar-refractivity contribution in [3.05, 3.63) is 0 Å². The minimum Gasteiger partial charge on any atom is -0.369 e. The first kappa shape index (κ1) is 13.3. The van der Waals surface area contributed by atoms with Crippen molar-refractivity contribution < 1.29 is 9.59 Å². The Bertz CT molecular complexity index is 313. The van der Waals surface area contributed by atoms with Crippen LogP contribution in [0.3, 0.4) is 0 Å². The molecule has 0 aromatic heterocycles. The van der Waals surface area contributed by atoms with Crippen LogP contribution in [0, 0.1) is 11.8 Å². The largest absolute Gasteiger partial charge is 0.369 e. The number of piperidine rings is 1. The lowest BCUT2D eigenvalue weighted by Crippen LogP contribution is -2.32. The molecule has 2 fully saturated rings. The first-order valence-electron chi connectivity index (χ1n) is 6.94. The van der Waals surface area contributed by atoms with Gasteiger partial charge in [-0.3, -0.25) is 9.59 Å². The normalized spacial score (nSPS) is 25.3. The summed E-state index contributed by atoms with van der Waals surface area (Å²) in [6.07, 6.45) is 4.69. The SMILES string of the molecule is NC(=O)C1CCN(C(=O)CCC2CCNCC2)C1. The molecule has 5 nitrogen and oxygen atoms in total. The van der Waals surface area contributed by atoms with E-state index in [0.29, 0.717) is 25.4 Å². The summed E-state index contributed by atoms with van der Waals surface area (Å²) < 4.78 is 0. The van der Waals surface area contributed by atoms with E-state index in [9.17, 15) is 9.59 Å². The Morgan fingerprint density at radius 1 is 1.22 bits per heavy atom. The molecule has 5 heteroatoms. The van der Waals surface area contributed by atoms with Gasteiger partial charge in [0.05, 0.1) is 5.92 Å². The van der Waals surface area contributed by atoms with Gasteiger partial charge in [0.1, 0.15) is 0 Å². The van der Waals surface area contributed by atoms with Crippen LogP contribution in [-0.4, -0.2) is 42.9 Å². The third kappa shape index (κ3) is 3.45. The van der Waals surface area contributed by atoms with Gasteiger partial charge in [0, 0.05) is 19.5 Å². The predicted molar refractivity (Wildman–Crippen MR) is 68.7 cm³/mol. The fraction of sp³-hybridized carbons (Fsp3) is 0.846. The van der Waals surface area contributed by atoms with Gasteiger partial charge in [-0.25, -0.2) is 0 Å². The molecule has 2 rings (SSSR count). The van der Waals surface area contributed by atoms with Crippen LogP contribution in [0.15, 0.2) is 0 Å². The molecule has 1 atom stereocenters. The molecular weight excluding hydrogens is 230 g/mol. The van der Waals surface area contributed by atoms with Crippen molar-refractivity contribution in [1.82, 2.24) is 10.2 Å². The summed E-state index contributed by atoms with van der Waals surface area (Å²) >= 11 is 0. The Hall–Kier alpha value is -1.10. The Labute approximate surface area is 108 Å². The van der Waals surface area contributed by atoms with Crippen molar-refractivity contribution in [3.63, 3.8) is 0 Å². The second-order valence-electron chi connectivity index (χ2n) is 5.46. The summed E-state index contributed by atoms with van der Waals surface area (Å²) in [4.78, 5) is 24.9. The van der Waals surface area contributed by atoms with Crippen LogP contribution in [0.2, 0.25) is 0 Å². The molecule has 0 aliphatic carbocycles. The number of hydrogen-bond donors (Lipinski definition) is 2. The van der Waals surface area contributed by atoms with Crippen LogP contribution < -0.4 is 11.1 Å². The number of nitrogens with two attached hydrogens (primary N) is 1. The Morgan fingerprint density at radius 2 is 1.94 bits per heavy atom. The van der Waals surface area contributed by atoms with Crippen molar-refractivity contribution in [2.75, 3.05) is 26.2 Å². The number of nitrogens with one attached hydrogen (secondary N) is 1. The predicted octanol–water partition coefficient (Wildman–Crippen LogP) is 0.1000. The summed E-state index contributed by atoms with van der Waals surface area (Å²) in [6, 6.07) is 0. The molecule has 0 bridgehead atoms. The van der Waals surface area contributed by atoms with Gasteiger partial charge in [0.15, 0.2) is 0 Å². The topological polar surface area (TPSA) is 75.4 Å². The van der Waals surface area contributed by atoms with E-state index in [2.05, 4.69) is 5.32 Å². The minimum atomic E-state index is -0.274. The minimum absolute atomic E-state index is 0.132. The maximum atomic E-state index is 12.0. The van der Waals surface area contributed by atoms with Gasteiger partial charge < -0.3 is 16.0 Å². The van der Waals surface area contributed by atoms with Gasteiger partial charge in [-0.05, 0) is 44.7 Å². The van der Waals surface area contributed by atoms with Crippen LogP contribution in [-0.2, 0) is 9.59 Å². The molecule has 3 N–H and O–H groups in total. The summed E-state index contributed by atoms with van der Waals surface area (Å²) in [6.45, 7) is 3.37. The number of carbonyl (C=O) groups excluding carboxylic acids is 2. The maximum Gasteiger partial charge on any atom is 0.222 e. The van der Waals surface area contributed by atoms with Crippen molar-refractivity contribution in [1.29, 1.82) is 0 Å². The highest BCUT2D eigenvalue weighted by Gasteiger charge is 2.29. The molecule has 2 heterocycles. The average molecular weight is 253 g/mol. The van der Waals surface area contributed by atoms with Gasteiger partial charge in [0.25, 0.3) is 0 Å². The van der Waals surface area contributed by atoms with E-state index in [1.54, 1.807) is 4.90 Å². The summed E-state index contributed by atoms with van der Waals surface area (Å²) in [5, 5.41) is 3.33. The first-order chi connectivity index (χ1) is 8.66. The zero-order valence-corrected chi connectivity index (χ0v) is 10.9. The van der Waals surface area contributed by atoms with E-state index in [-0.39, 0.29) is 17.7 Å². The number of likely N-dealkylation sites (tertiary alicyclic amines) is 1. The lowest BCUT2D eigenvalue weighted by molar-refractivity contribution is -0.130. The molecule has 0 aromatic rings. The second-order valence-corrected chi connectivity index (χ2v) is 5.46. The fourth-order valence-electron chi connectivity index (χ4n) is 2.88. The molecule has 0 radical (unpaired) electrons. The highest BCUT2D eigenvalue weighted by atomic mass is 16.2. The third-order valence-electron chi connectivity index (χ3n) is 4.17. The maximum absolute atomic E-state index is 12.0. The number of hydrogen-bond acceptors (Lipinski definition) is 3. The lowest BCUT2D eigenvalue weighted by Gasteiger charge is -2.23. The van der Waals surface area contributed by atoms with Crippen molar-refractivity contribution in [2.45, 2.75) is 32.1 Å². The highest BCUT2D eigenvalue weighted by molar-refractivity contribution is 5.81. The number of primary amides is 1. The number of amides is 2. The molecule has 0 saturated carbocycles. The lowest BCUT2D eigenvalue weighted by atomic mass is 9.93. The molecule has 102 valence electrons. The van der Waals surface area contributed by atoms with Crippen molar-refractivity contribution >= 4 is 11.8 Å². The van der Waals surface area contributed by atoms with E-state index in [0.717, 1.165) is 25.9 Å². The van der Waals surface area contributed by atoms with E-state index in [4.69, 9.17) is 5.73 Å². The molecule has 0 spiro atoms. The van der Waals surface area contributed by atoms with Crippen LogP contribution in [0.1, 0.15) is 32.1 Å². The van der Waals surface area contributed by atoms with Crippen LogP contribution in [0.5, 0.6) is 0 Å². The Morgan fingerprint density at radius 3 is 2.56 bits per heavy atom. The van der Waals surface area contributed by atoms with Crippen LogP contribution in [0.25, 0.3) is 0 Å². The first-order valence-corrected chi connectivity index (χ1v) is 6.94. The van der Waals surface area contributed by atoms with Crippen molar-refractivity contribution in [3.8, 4) is 0 Å². The Kier molecular flexibility index (Phi) is 4.58. The summed E-state index contributed by atoms with van der Waals surface area (Å²) in [7, 11) is 0. The molecule has 2 amide bonds. The van der Waals surface area contributed by atoms with Crippen molar-refractivity contribution in [2.24, 2.45) is 17.6 Å². The molecule has 1 unspecified atom stereocenters. The molecular formula is C13H23N3O2. The van der Waals surface area contributed by atoms with E-state index in [1.165, 1.54) is 12.8 Å². The second kappa shape index (κ2) is 6.18. The fourth-order valence-corrected chi connectivity index (χ4v) is 2.88. The third-order valence-corrected chi connectivity index (χ3v) is 4.17.